The molecule has 0 aliphatic carbocycles. The van der Waals surface area contributed by atoms with E-state index in [1.807, 2.05) is 41.5 Å². The van der Waals surface area contributed by atoms with E-state index in [9.17, 15) is 9.59 Å². The number of hydrogen-bond acceptors (Lipinski definition) is 6. The minimum Gasteiger partial charge on any atom is -0.462 e. The second-order valence-electron chi connectivity index (χ2n) is 6.87. The Kier molecular flexibility index (Phi) is 8.70. The molecular formula is C15H29N3O4. The fourth-order valence-electron chi connectivity index (χ4n) is 1.40. The third-order valence-electron chi connectivity index (χ3n) is 2.29. The van der Waals surface area contributed by atoms with Crippen LogP contribution in [0.3, 0.4) is 0 Å². The Labute approximate surface area is 132 Å². The predicted molar refractivity (Wildman–Crippen MR) is 85.8 cm³/mol. The van der Waals surface area contributed by atoms with E-state index in [0.717, 1.165) is 31.6 Å². The second kappa shape index (κ2) is 9.40. The molecule has 1 heterocycles. The molecule has 1 aliphatic heterocycles. The minimum absolute atomic E-state index is 0.318. The first kappa shape index (κ1) is 20.4. The molecule has 0 unspecified atom stereocenters. The maximum absolute atomic E-state index is 11.2. The van der Waals surface area contributed by atoms with E-state index in [1.165, 1.54) is 0 Å². The van der Waals surface area contributed by atoms with Crippen molar-refractivity contribution < 1.29 is 19.1 Å². The molecule has 0 radical (unpaired) electrons. The largest absolute Gasteiger partial charge is 0.462 e. The van der Waals surface area contributed by atoms with Crippen molar-refractivity contribution in [3.63, 3.8) is 0 Å². The van der Waals surface area contributed by atoms with Crippen LogP contribution in [-0.4, -0.2) is 42.6 Å². The lowest BCUT2D eigenvalue weighted by molar-refractivity contribution is -0.138. The Balaban J connectivity index is 0.000000534. The van der Waals surface area contributed by atoms with E-state index in [-0.39, 0.29) is 5.60 Å². The van der Waals surface area contributed by atoms with Crippen LogP contribution in [0.5, 0.6) is 0 Å². The Bertz CT molecular complexity index is 373. The molecule has 1 fully saturated rings. The van der Waals surface area contributed by atoms with Crippen LogP contribution in [0.1, 0.15) is 54.4 Å². The van der Waals surface area contributed by atoms with Crippen molar-refractivity contribution >= 4 is 18.3 Å². The van der Waals surface area contributed by atoms with Gasteiger partial charge in [-0.3, -0.25) is 4.79 Å². The van der Waals surface area contributed by atoms with Crippen LogP contribution in [0.4, 0.5) is 4.79 Å². The highest BCUT2D eigenvalue weighted by Gasteiger charge is 2.16. The average molecular weight is 315 g/mol. The van der Waals surface area contributed by atoms with Crippen molar-refractivity contribution in [2.24, 2.45) is 5.10 Å². The molecule has 1 saturated heterocycles. The average Bonchev–Trinajstić information content (AvgIpc) is 2.35. The van der Waals surface area contributed by atoms with E-state index in [1.54, 1.807) is 0 Å². The van der Waals surface area contributed by atoms with Gasteiger partial charge in [-0.25, -0.2) is 10.2 Å². The molecule has 22 heavy (non-hydrogen) atoms. The fraction of sp³-hybridized carbons (Fsp3) is 0.800. The van der Waals surface area contributed by atoms with E-state index >= 15 is 0 Å². The van der Waals surface area contributed by atoms with Crippen LogP contribution in [0.25, 0.3) is 0 Å². The van der Waals surface area contributed by atoms with Crippen LogP contribution in [-0.2, 0) is 14.3 Å². The topological polar surface area (TPSA) is 89.0 Å². The maximum Gasteiger partial charge on any atom is 0.428 e. The van der Waals surface area contributed by atoms with Crippen molar-refractivity contribution in [2.75, 3.05) is 13.1 Å². The molecule has 0 bridgehead atoms. The van der Waals surface area contributed by atoms with Gasteiger partial charge in [0.15, 0.2) is 0 Å². The van der Waals surface area contributed by atoms with Gasteiger partial charge >= 0.3 is 6.09 Å². The number of nitrogens with zero attached hydrogens (tertiary/aromatic N) is 1. The molecule has 0 aromatic rings. The van der Waals surface area contributed by atoms with Crippen molar-refractivity contribution in [2.45, 2.75) is 65.6 Å². The van der Waals surface area contributed by atoms with Crippen molar-refractivity contribution in [3.8, 4) is 0 Å². The summed E-state index contributed by atoms with van der Waals surface area (Å²) in [5.41, 5.74) is 2.63. The van der Waals surface area contributed by atoms with Crippen LogP contribution < -0.4 is 10.7 Å². The predicted octanol–water partition coefficient (Wildman–Crippen LogP) is 2.21. The van der Waals surface area contributed by atoms with E-state index in [0.29, 0.717) is 6.47 Å². The van der Waals surface area contributed by atoms with Crippen molar-refractivity contribution in [1.82, 2.24) is 10.7 Å². The molecule has 0 spiro atoms. The highest BCUT2D eigenvalue weighted by Crippen LogP contribution is 2.06. The summed E-state index contributed by atoms with van der Waals surface area (Å²) < 4.78 is 9.60. The Morgan fingerprint density at radius 2 is 1.68 bits per heavy atom. The number of carbonyl (C=O) groups excluding carboxylic acids is 2. The zero-order valence-electron chi connectivity index (χ0n) is 14.5. The summed E-state index contributed by atoms with van der Waals surface area (Å²) in [5, 5.41) is 7.24. The monoisotopic (exact) mass is 315 g/mol. The van der Waals surface area contributed by atoms with E-state index in [4.69, 9.17) is 4.74 Å². The number of hydrazone groups is 1. The van der Waals surface area contributed by atoms with Gasteiger partial charge in [0.25, 0.3) is 6.47 Å². The van der Waals surface area contributed by atoms with Gasteiger partial charge < -0.3 is 14.8 Å². The molecule has 7 nitrogen and oxygen atoms in total. The van der Waals surface area contributed by atoms with Crippen molar-refractivity contribution in [3.05, 3.63) is 0 Å². The molecule has 7 heteroatoms. The lowest BCUT2D eigenvalue weighted by Gasteiger charge is -2.19. The SMILES string of the molecule is CC(C)(C)OC(=O)NN=C1CCNCC1.CC(C)(C)OC=O. The van der Waals surface area contributed by atoms with Crippen LogP contribution in [0.15, 0.2) is 5.10 Å². The number of piperidine rings is 1. The van der Waals surface area contributed by atoms with E-state index < -0.39 is 11.7 Å². The lowest BCUT2D eigenvalue weighted by Crippen LogP contribution is -2.32. The highest BCUT2D eigenvalue weighted by atomic mass is 16.6. The summed E-state index contributed by atoms with van der Waals surface area (Å²) in [4.78, 5) is 20.8. The quantitative estimate of drug-likeness (QED) is 0.602. The van der Waals surface area contributed by atoms with Gasteiger partial charge in [-0.05, 0) is 41.5 Å². The van der Waals surface area contributed by atoms with Gasteiger partial charge in [0.1, 0.15) is 11.2 Å². The third kappa shape index (κ3) is 13.4. The van der Waals surface area contributed by atoms with Gasteiger partial charge in [0.05, 0.1) is 0 Å². The molecule has 128 valence electrons. The molecule has 0 aromatic heterocycles. The van der Waals surface area contributed by atoms with Gasteiger partial charge in [-0.1, -0.05) is 0 Å². The summed E-state index contributed by atoms with van der Waals surface area (Å²) in [6.07, 6.45) is 1.28. The van der Waals surface area contributed by atoms with Crippen LogP contribution in [0.2, 0.25) is 0 Å². The number of carbonyl (C=O) groups is 2. The fourth-order valence-corrected chi connectivity index (χ4v) is 1.40. The molecule has 2 N–H and O–H groups in total. The first-order chi connectivity index (χ1) is 10.0. The lowest BCUT2D eigenvalue weighted by atomic mass is 10.1. The highest BCUT2D eigenvalue weighted by molar-refractivity contribution is 5.86. The standard InChI is InChI=1S/C10H19N3O2.C5H10O2/c1-10(2,3)15-9(14)13-12-8-4-6-11-7-5-8;1-5(2,3)7-4-6/h11H,4-7H2,1-3H3,(H,13,14);4H,1-3H3. The van der Waals surface area contributed by atoms with Crippen LogP contribution >= 0.6 is 0 Å². The zero-order chi connectivity index (χ0) is 17.2. The van der Waals surface area contributed by atoms with E-state index in [2.05, 4.69) is 20.6 Å². The number of hydrogen-bond donors (Lipinski definition) is 2. The Morgan fingerprint density at radius 3 is 2.05 bits per heavy atom. The Hall–Kier alpha value is -1.63. The van der Waals surface area contributed by atoms with Gasteiger partial charge in [0, 0.05) is 31.6 Å². The number of rotatable bonds is 2. The van der Waals surface area contributed by atoms with Gasteiger partial charge in [-0.2, -0.15) is 5.10 Å². The molecule has 0 atom stereocenters. The molecule has 0 saturated carbocycles. The first-order valence-corrected chi connectivity index (χ1v) is 7.40. The molecule has 1 aliphatic rings. The summed E-state index contributed by atoms with van der Waals surface area (Å²) in [6, 6.07) is 0. The summed E-state index contributed by atoms with van der Waals surface area (Å²) in [6.45, 7) is 13.2. The second-order valence-corrected chi connectivity index (χ2v) is 6.87. The summed E-state index contributed by atoms with van der Waals surface area (Å²) in [5.74, 6) is 0. The molecular weight excluding hydrogens is 286 g/mol. The van der Waals surface area contributed by atoms with Crippen LogP contribution in [0, 0.1) is 0 Å². The first-order valence-electron chi connectivity index (χ1n) is 7.40. The van der Waals surface area contributed by atoms with Gasteiger partial charge in [0.2, 0.25) is 0 Å². The maximum atomic E-state index is 11.2. The number of ether oxygens (including phenoxy) is 2. The van der Waals surface area contributed by atoms with Crippen molar-refractivity contribution in [1.29, 1.82) is 0 Å². The minimum atomic E-state index is -0.492. The third-order valence-corrected chi connectivity index (χ3v) is 2.29. The normalized spacial score (nSPS) is 15.1. The number of amides is 1. The zero-order valence-corrected chi connectivity index (χ0v) is 14.5. The smallest absolute Gasteiger partial charge is 0.428 e. The van der Waals surface area contributed by atoms with Gasteiger partial charge in [-0.15, -0.1) is 0 Å². The summed E-state index contributed by atoms with van der Waals surface area (Å²) in [7, 11) is 0. The molecule has 1 amide bonds. The molecule has 0 aromatic carbocycles. The molecule has 1 rings (SSSR count). The Morgan fingerprint density at radius 1 is 1.14 bits per heavy atom. The summed E-state index contributed by atoms with van der Waals surface area (Å²) >= 11 is 0. The number of nitrogens with one attached hydrogen (secondary N) is 2.